The van der Waals surface area contributed by atoms with Crippen molar-refractivity contribution in [2.75, 3.05) is 6.54 Å². The van der Waals surface area contributed by atoms with E-state index in [1.54, 1.807) is 0 Å². The van der Waals surface area contributed by atoms with Crippen LogP contribution in [0.15, 0.2) is 0 Å². The normalized spacial score (nSPS) is 20.8. The Kier molecular flexibility index (Phi) is 5.45. The van der Waals surface area contributed by atoms with E-state index in [9.17, 15) is 0 Å². The summed E-state index contributed by atoms with van der Waals surface area (Å²) in [5.41, 5.74) is 0. The van der Waals surface area contributed by atoms with Gasteiger partial charge < -0.3 is 5.32 Å². The maximum absolute atomic E-state index is 3.61. The topological polar surface area (TPSA) is 12.0 Å². The van der Waals surface area contributed by atoms with E-state index in [2.05, 4.69) is 19.2 Å². The first-order chi connectivity index (χ1) is 6.36. The van der Waals surface area contributed by atoms with Crippen molar-refractivity contribution in [1.82, 2.24) is 5.32 Å². The minimum Gasteiger partial charge on any atom is -0.314 e. The van der Waals surface area contributed by atoms with Crippen molar-refractivity contribution in [3.05, 3.63) is 0 Å². The lowest BCUT2D eigenvalue weighted by Crippen LogP contribution is -2.30. The zero-order valence-electron chi connectivity index (χ0n) is 9.31. The third-order valence-corrected chi connectivity index (χ3v) is 3.22. The molecule has 0 heterocycles. The van der Waals surface area contributed by atoms with Crippen LogP contribution in [0.5, 0.6) is 0 Å². The molecule has 1 unspecified atom stereocenters. The maximum atomic E-state index is 3.61. The highest BCUT2D eigenvalue weighted by Crippen LogP contribution is 2.29. The molecular formula is C12H25N. The molecule has 1 fully saturated rings. The van der Waals surface area contributed by atoms with Gasteiger partial charge in [-0.1, -0.05) is 46.0 Å². The Morgan fingerprint density at radius 3 is 2.46 bits per heavy atom. The highest BCUT2D eigenvalue weighted by molar-refractivity contribution is 4.75. The molecule has 0 aromatic rings. The van der Waals surface area contributed by atoms with Gasteiger partial charge in [-0.25, -0.2) is 0 Å². The minimum absolute atomic E-state index is 0.804. The molecule has 1 heteroatoms. The van der Waals surface area contributed by atoms with Crippen molar-refractivity contribution < 1.29 is 0 Å². The summed E-state index contributed by atoms with van der Waals surface area (Å²) < 4.78 is 0. The van der Waals surface area contributed by atoms with Gasteiger partial charge >= 0.3 is 0 Å². The lowest BCUT2D eigenvalue weighted by molar-refractivity contribution is 0.374. The van der Waals surface area contributed by atoms with E-state index in [0.29, 0.717) is 0 Å². The summed E-state index contributed by atoms with van der Waals surface area (Å²) in [6, 6.07) is 0.804. The SMILES string of the molecule is CCCC(CC1CCCC1)NCC. The fourth-order valence-corrected chi connectivity index (χ4v) is 2.59. The van der Waals surface area contributed by atoms with Crippen molar-refractivity contribution in [2.45, 2.75) is 64.8 Å². The Balaban J connectivity index is 2.19. The van der Waals surface area contributed by atoms with Crippen molar-refractivity contribution in [3.8, 4) is 0 Å². The van der Waals surface area contributed by atoms with Gasteiger partial charge in [0.2, 0.25) is 0 Å². The molecule has 0 amide bonds. The fraction of sp³-hybridized carbons (Fsp3) is 1.00. The molecule has 1 nitrogen and oxygen atoms in total. The molecule has 0 radical (unpaired) electrons. The van der Waals surface area contributed by atoms with E-state index in [4.69, 9.17) is 0 Å². The average molecular weight is 183 g/mol. The van der Waals surface area contributed by atoms with Gasteiger partial charge in [-0.2, -0.15) is 0 Å². The van der Waals surface area contributed by atoms with Crippen molar-refractivity contribution >= 4 is 0 Å². The molecule has 1 atom stereocenters. The second-order valence-electron chi connectivity index (χ2n) is 4.43. The summed E-state index contributed by atoms with van der Waals surface area (Å²) in [6.07, 6.45) is 10.1. The summed E-state index contributed by atoms with van der Waals surface area (Å²) in [7, 11) is 0. The van der Waals surface area contributed by atoms with Crippen LogP contribution in [0.4, 0.5) is 0 Å². The first kappa shape index (κ1) is 11.0. The first-order valence-electron chi connectivity index (χ1n) is 6.10. The molecular weight excluding hydrogens is 158 g/mol. The standard InChI is InChI=1S/C12H25N/c1-3-7-12(13-4-2)10-11-8-5-6-9-11/h11-13H,3-10H2,1-2H3. The van der Waals surface area contributed by atoms with Crippen molar-refractivity contribution in [1.29, 1.82) is 0 Å². The second kappa shape index (κ2) is 6.42. The third-order valence-electron chi connectivity index (χ3n) is 3.22. The molecule has 1 N–H and O–H groups in total. The predicted molar refractivity (Wildman–Crippen MR) is 58.9 cm³/mol. The summed E-state index contributed by atoms with van der Waals surface area (Å²) in [5.74, 6) is 1.04. The summed E-state index contributed by atoms with van der Waals surface area (Å²) in [6.45, 7) is 5.65. The Morgan fingerprint density at radius 2 is 1.92 bits per heavy atom. The molecule has 0 aliphatic heterocycles. The molecule has 1 saturated carbocycles. The smallest absolute Gasteiger partial charge is 0.00694 e. The Bertz CT molecular complexity index is 110. The monoisotopic (exact) mass is 183 g/mol. The van der Waals surface area contributed by atoms with Gasteiger partial charge in [-0.05, 0) is 25.3 Å². The van der Waals surface area contributed by atoms with Crippen LogP contribution in [0.25, 0.3) is 0 Å². The quantitative estimate of drug-likeness (QED) is 0.666. The van der Waals surface area contributed by atoms with E-state index >= 15 is 0 Å². The Morgan fingerprint density at radius 1 is 1.23 bits per heavy atom. The zero-order chi connectivity index (χ0) is 9.52. The number of nitrogens with one attached hydrogen (secondary N) is 1. The van der Waals surface area contributed by atoms with Crippen molar-refractivity contribution in [2.24, 2.45) is 5.92 Å². The van der Waals surface area contributed by atoms with E-state index in [-0.39, 0.29) is 0 Å². The number of hydrogen-bond acceptors (Lipinski definition) is 1. The first-order valence-corrected chi connectivity index (χ1v) is 6.10. The lowest BCUT2D eigenvalue weighted by Gasteiger charge is -2.20. The molecule has 1 aliphatic carbocycles. The van der Waals surface area contributed by atoms with Crippen LogP contribution in [-0.4, -0.2) is 12.6 Å². The van der Waals surface area contributed by atoms with Crippen LogP contribution in [0.2, 0.25) is 0 Å². The van der Waals surface area contributed by atoms with Crippen LogP contribution in [-0.2, 0) is 0 Å². The minimum atomic E-state index is 0.804. The van der Waals surface area contributed by atoms with Gasteiger partial charge in [0.25, 0.3) is 0 Å². The molecule has 0 aromatic carbocycles. The number of rotatable bonds is 6. The van der Waals surface area contributed by atoms with Crippen LogP contribution >= 0.6 is 0 Å². The van der Waals surface area contributed by atoms with Gasteiger partial charge in [0.15, 0.2) is 0 Å². The molecule has 1 rings (SSSR count). The van der Waals surface area contributed by atoms with Crippen LogP contribution in [0, 0.1) is 5.92 Å². The van der Waals surface area contributed by atoms with Gasteiger partial charge in [0.05, 0.1) is 0 Å². The highest BCUT2D eigenvalue weighted by atomic mass is 14.9. The summed E-state index contributed by atoms with van der Waals surface area (Å²) >= 11 is 0. The maximum Gasteiger partial charge on any atom is 0.00694 e. The third kappa shape index (κ3) is 4.12. The van der Waals surface area contributed by atoms with Crippen LogP contribution in [0.1, 0.15) is 58.8 Å². The van der Waals surface area contributed by atoms with E-state index < -0.39 is 0 Å². The Hall–Kier alpha value is -0.0400. The Labute approximate surface area is 83.3 Å². The second-order valence-corrected chi connectivity index (χ2v) is 4.43. The van der Waals surface area contributed by atoms with Gasteiger partial charge in [0.1, 0.15) is 0 Å². The fourth-order valence-electron chi connectivity index (χ4n) is 2.59. The molecule has 1 aliphatic rings. The molecule has 78 valence electrons. The van der Waals surface area contributed by atoms with Gasteiger partial charge in [-0.15, -0.1) is 0 Å². The van der Waals surface area contributed by atoms with E-state index in [0.717, 1.165) is 18.5 Å². The molecule has 0 spiro atoms. The largest absolute Gasteiger partial charge is 0.314 e. The molecule has 0 saturated heterocycles. The van der Waals surface area contributed by atoms with E-state index in [1.807, 2.05) is 0 Å². The summed E-state index contributed by atoms with van der Waals surface area (Å²) in [5, 5.41) is 3.61. The van der Waals surface area contributed by atoms with Gasteiger partial charge in [-0.3, -0.25) is 0 Å². The lowest BCUT2D eigenvalue weighted by atomic mass is 9.96. The average Bonchev–Trinajstić information content (AvgIpc) is 2.58. The van der Waals surface area contributed by atoms with Gasteiger partial charge in [0, 0.05) is 6.04 Å². The van der Waals surface area contributed by atoms with Crippen LogP contribution < -0.4 is 5.32 Å². The highest BCUT2D eigenvalue weighted by Gasteiger charge is 2.18. The van der Waals surface area contributed by atoms with Crippen LogP contribution in [0.3, 0.4) is 0 Å². The van der Waals surface area contributed by atoms with E-state index in [1.165, 1.54) is 44.9 Å². The number of hydrogen-bond donors (Lipinski definition) is 1. The van der Waals surface area contributed by atoms with Crippen molar-refractivity contribution in [3.63, 3.8) is 0 Å². The summed E-state index contributed by atoms with van der Waals surface area (Å²) in [4.78, 5) is 0. The molecule has 0 aromatic heterocycles. The zero-order valence-corrected chi connectivity index (χ0v) is 9.31. The predicted octanol–water partition coefficient (Wildman–Crippen LogP) is 3.34. The molecule has 13 heavy (non-hydrogen) atoms. The molecule has 0 bridgehead atoms.